The zero-order valence-corrected chi connectivity index (χ0v) is 8.13. The summed E-state index contributed by atoms with van der Waals surface area (Å²) in [4.78, 5) is 11.2. The lowest BCUT2D eigenvalue weighted by atomic mass is 10.2. The van der Waals surface area contributed by atoms with Crippen LogP contribution in [0.2, 0.25) is 0 Å². The second-order valence-corrected chi connectivity index (χ2v) is 3.34. The van der Waals surface area contributed by atoms with E-state index in [1.165, 1.54) is 5.01 Å². The molecule has 1 amide bonds. The van der Waals surface area contributed by atoms with Gasteiger partial charge in [0.25, 0.3) is 0 Å². The van der Waals surface area contributed by atoms with Crippen LogP contribution >= 0.6 is 0 Å². The van der Waals surface area contributed by atoms with Gasteiger partial charge in [0.1, 0.15) is 5.60 Å². The van der Waals surface area contributed by atoms with E-state index >= 15 is 0 Å². The van der Waals surface area contributed by atoms with Crippen molar-refractivity contribution in [3.63, 3.8) is 0 Å². The largest absolute Gasteiger partial charge is 0.442 e. The zero-order chi connectivity index (χ0) is 9.78. The lowest BCUT2D eigenvalue weighted by Crippen LogP contribution is -2.33. The Bertz CT molecular complexity index is 172. The van der Waals surface area contributed by atoms with Crippen LogP contribution in [-0.2, 0) is 4.74 Å². The lowest BCUT2D eigenvalue weighted by Gasteiger charge is -2.23. The molecule has 0 spiro atoms. The van der Waals surface area contributed by atoms with Gasteiger partial charge in [-0.1, -0.05) is 0 Å². The first-order valence-electron chi connectivity index (χ1n) is 3.88. The molecule has 0 aliphatic heterocycles. The second-order valence-electron chi connectivity index (χ2n) is 3.34. The third-order valence-corrected chi connectivity index (χ3v) is 1.07. The van der Waals surface area contributed by atoms with Crippen LogP contribution in [0.25, 0.3) is 0 Å². The van der Waals surface area contributed by atoms with Gasteiger partial charge < -0.3 is 4.74 Å². The van der Waals surface area contributed by atoms with E-state index < -0.39 is 11.7 Å². The minimum Gasteiger partial charge on any atom is -0.442 e. The van der Waals surface area contributed by atoms with Crippen molar-refractivity contribution in [1.82, 2.24) is 5.01 Å². The summed E-state index contributed by atoms with van der Waals surface area (Å²) < 4.78 is 5.03. The Balaban J connectivity index is 4.11. The quantitative estimate of drug-likeness (QED) is 0.471. The maximum absolute atomic E-state index is 11.2. The van der Waals surface area contributed by atoms with Gasteiger partial charge in [0.05, 0.1) is 0 Å². The van der Waals surface area contributed by atoms with Crippen LogP contribution in [0.15, 0.2) is 5.10 Å². The number of hydrogen-bond donors (Lipinski definition) is 0. The average Bonchev–Trinajstić information content (AvgIpc) is 1.85. The molecule has 0 aromatic carbocycles. The predicted molar refractivity (Wildman–Crippen MR) is 48.2 cm³/mol. The Labute approximate surface area is 73.2 Å². The molecule has 0 saturated heterocycles. The summed E-state index contributed by atoms with van der Waals surface area (Å²) in [6.45, 7) is 11.0. The first-order chi connectivity index (χ1) is 5.40. The predicted octanol–water partition coefficient (Wildman–Crippen LogP) is 1.86. The number of amides is 1. The topological polar surface area (TPSA) is 41.9 Å². The molecule has 0 heterocycles. The Hall–Kier alpha value is -1.06. The summed E-state index contributed by atoms with van der Waals surface area (Å²) in [5, 5.41) is 4.67. The van der Waals surface area contributed by atoms with Crippen LogP contribution in [0.4, 0.5) is 4.79 Å². The number of carbonyl (C=O) groups excluding carboxylic acids is 1. The number of carbonyl (C=O) groups is 1. The van der Waals surface area contributed by atoms with Gasteiger partial charge in [0, 0.05) is 13.3 Å². The average molecular weight is 172 g/mol. The van der Waals surface area contributed by atoms with Gasteiger partial charge in [-0.3, -0.25) is 0 Å². The van der Waals surface area contributed by atoms with E-state index in [4.69, 9.17) is 4.74 Å². The molecule has 0 unspecified atom stereocenters. The third kappa shape index (κ3) is 3.95. The molecule has 0 saturated carbocycles. The minimum absolute atomic E-state index is 0.458. The molecule has 4 heteroatoms. The van der Waals surface area contributed by atoms with E-state index in [0.29, 0.717) is 6.54 Å². The highest BCUT2D eigenvalue weighted by Gasteiger charge is 2.19. The van der Waals surface area contributed by atoms with E-state index in [0.717, 1.165) is 0 Å². The van der Waals surface area contributed by atoms with Crippen LogP contribution in [0, 0.1) is 0 Å². The summed E-state index contributed by atoms with van der Waals surface area (Å²) in [7, 11) is 0. The molecule has 0 aliphatic rings. The van der Waals surface area contributed by atoms with Gasteiger partial charge in [0.15, 0.2) is 0 Å². The highest BCUT2D eigenvalue weighted by atomic mass is 16.6. The van der Waals surface area contributed by atoms with Gasteiger partial charge in [-0.15, -0.1) is 0 Å². The van der Waals surface area contributed by atoms with Crippen LogP contribution in [0.1, 0.15) is 27.7 Å². The van der Waals surface area contributed by atoms with E-state index in [-0.39, 0.29) is 0 Å². The Morgan fingerprint density at radius 2 is 2.08 bits per heavy atom. The molecular weight excluding hydrogens is 156 g/mol. The summed E-state index contributed by atoms with van der Waals surface area (Å²) in [5.41, 5.74) is -0.477. The maximum atomic E-state index is 11.2. The van der Waals surface area contributed by atoms with Crippen molar-refractivity contribution < 1.29 is 9.53 Å². The highest BCUT2D eigenvalue weighted by molar-refractivity contribution is 5.68. The van der Waals surface area contributed by atoms with Gasteiger partial charge >= 0.3 is 6.09 Å². The molecule has 70 valence electrons. The summed E-state index contributed by atoms with van der Waals surface area (Å²) in [5.74, 6) is 0. The minimum atomic E-state index is -0.477. The lowest BCUT2D eigenvalue weighted by molar-refractivity contribution is 0.0267. The molecule has 0 aliphatic carbocycles. The Kier molecular flexibility index (Phi) is 3.73. The number of nitrogens with zero attached hydrogens (tertiary/aromatic N) is 2. The first kappa shape index (κ1) is 10.9. The van der Waals surface area contributed by atoms with Gasteiger partial charge in [-0.2, -0.15) is 10.1 Å². The normalized spacial score (nSPS) is 10.7. The molecule has 4 nitrogen and oxygen atoms in total. The molecule has 0 bridgehead atoms. The fraction of sp³-hybridized carbons (Fsp3) is 0.750. The van der Waals surface area contributed by atoms with Gasteiger partial charge in [-0.05, 0) is 27.7 Å². The fourth-order valence-electron chi connectivity index (χ4n) is 0.601. The standard InChI is InChI=1S/C8H16N2O2/c1-6-10(9-5)7(11)12-8(2,3)4/h5-6H2,1-4H3. The maximum Gasteiger partial charge on any atom is 0.430 e. The highest BCUT2D eigenvalue weighted by Crippen LogP contribution is 2.09. The van der Waals surface area contributed by atoms with Crippen molar-refractivity contribution >= 4 is 12.8 Å². The number of hydrazone groups is 1. The van der Waals surface area contributed by atoms with E-state index in [1.54, 1.807) is 6.92 Å². The summed E-state index contributed by atoms with van der Waals surface area (Å²) >= 11 is 0. The van der Waals surface area contributed by atoms with Crippen molar-refractivity contribution in [3.05, 3.63) is 0 Å². The van der Waals surface area contributed by atoms with Gasteiger partial charge in [0.2, 0.25) is 0 Å². The molecule has 0 atom stereocenters. The van der Waals surface area contributed by atoms with Crippen molar-refractivity contribution in [1.29, 1.82) is 0 Å². The zero-order valence-electron chi connectivity index (χ0n) is 8.13. The molecule has 0 aromatic heterocycles. The third-order valence-electron chi connectivity index (χ3n) is 1.07. The van der Waals surface area contributed by atoms with Gasteiger partial charge in [-0.25, -0.2) is 4.79 Å². The van der Waals surface area contributed by atoms with E-state index in [1.807, 2.05) is 20.8 Å². The monoisotopic (exact) mass is 172 g/mol. The van der Waals surface area contributed by atoms with Crippen LogP contribution in [-0.4, -0.2) is 30.0 Å². The van der Waals surface area contributed by atoms with Crippen LogP contribution in [0.5, 0.6) is 0 Å². The van der Waals surface area contributed by atoms with Crippen molar-refractivity contribution in [2.24, 2.45) is 5.10 Å². The molecule has 0 fully saturated rings. The molecule has 0 N–H and O–H groups in total. The summed E-state index contributed by atoms with van der Waals surface area (Å²) in [6.07, 6.45) is -0.458. The molecular formula is C8H16N2O2. The number of hydrogen-bond acceptors (Lipinski definition) is 3. The molecule has 0 radical (unpaired) electrons. The Morgan fingerprint density at radius 3 is 2.33 bits per heavy atom. The molecule has 0 aromatic rings. The number of rotatable bonds is 2. The summed E-state index contributed by atoms with van der Waals surface area (Å²) in [6, 6.07) is 0. The van der Waals surface area contributed by atoms with Crippen molar-refractivity contribution in [2.45, 2.75) is 33.3 Å². The SMILES string of the molecule is C=NN(CC)C(=O)OC(C)(C)C. The van der Waals surface area contributed by atoms with Crippen LogP contribution < -0.4 is 0 Å². The molecule has 0 rings (SSSR count). The van der Waals surface area contributed by atoms with E-state index in [9.17, 15) is 4.79 Å². The smallest absolute Gasteiger partial charge is 0.430 e. The Morgan fingerprint density at radius 1 is 1.58 bits per heavy atom. The first-order valence-corrected chi connectivity index (χ1v) is 3.88. The molecule has 12 heavy (non-hydrogen) atoms. The van der Waals surface area contributed by atoms with Crippen LogP contribution in [0.3, 0.4) is 0 Å². The van der Waals surface area contributed by atoms with E-state index in [2.05, 4.69) is 11.8 Å². The van der Waals surface area contributed by atoms with Crippen molar-refractivity contribution in [3.8, 4) is 0 Å². The fourth-order valence-corrected chi connectivity index (χ4v) is 0.601. The second kappa shape index (κ2) is 4.09. The van der Waals surface area contributed by atoms with Crippen molar-refractivity contribution in [2.75, 3.05) is 6.54 Å². The number of ether oxygens (including phenoxy) is 1.